The molecule has 3 N–H and O–H groups in total. The number of nitrogens with zero attached hydrogens (tertiary/aromatic N) is 3. The fraction of sp³-hybridized carbons (Fsp3) is 0.219. The smallest absolute Gasteiger partial charge is 0.338 e. The summed E-state index contributed by atoms with van der Waals surface area (Å²) in [6, 6.07) is 14.8. The van der Waals surface area contributed by atoms with Gasteiger partial charge in [0.25, 0.3) is 5.91 Å². The van der Waals surface area contributed by atoms with E-state index in [9.17, 15) is 24.5 Å². The van der Waals surface area contributed by atoms with Gasteiger partial charge in [0.1, 0.15) is 6.61 Å². The molecule has 3 aromatic carbocycles. The molecule has 15 nitrogen and oxygen atoms in total. The Bertz CT molecular complexity index is 1840. The van der Waals surface area contributed by atoms with Crippen molar-refractivity contribution < 1.29 is 38.3 Å². The molecule has 16 heteroatoms. The highest BCUT2D eigenvalue weighted by Gasteiger charge is 2.32. The first-order valence-corrected chi connectivity index (χ1v) is 15.0. The number of esters is 1. The minimum Gasteiger partial charge on any atom is -0.493 e. The molecule has 4 rings (SSSR count). The number of hydrogen-bond donors (Lipinski definition) is 3. The second-order valence-electron chi connectivity index (χ2n) is 9.99. The van der Waals surface area contributed by atoms with Gasteiger partial charge in [0.15, 0.2) is 18.1 Å². The summed E-state index contributed by atoms with van der Waals surface area (Å²) in [5, 5.41) is 29.8. The average molecular weight is 722 g/mol. The highest BCUT2D eigenvalue weighted by Crippen LogP contribution is 2.37. The second kappa shape index (κ2) is 16.1. The lowest BCUT2D eigenvalue weighted by Crippen LogP contribution is -2.45. The number of benzene rings is 3. The molecule has 0 bridgehead atoms. The number of hydrazone groups is 1. The molecule has 1 aliphatic rings. The summed E-state index contributed by atoms with van der Waals surface area (Å²) in [6.45, 7) is 2.99. The molecule has 3 aromatic rings. The van der Waals surface area contributed by atoms with E-state index >= 15 is 0 Å². The van der Waals surface area contributed by atoms with Crippen LogP contribution in [-0.4, -0.2) is 49.4 Å². The van der Waals surface area contributed by atoms with Gasteiger partial charge in [-0.25, -0.2) is 15.0 Å². The van der Waals surface area contributed by atoms with E-state index in [-0.39, 0.29) is 41.7 Å². The molecule has 0 fully saturated rings. The number of urea groups is 1. The third-order valence-corrected chi connectivity index (χ3v) is 7.35. The fourth-order valence-corrected chi connectivity index (χ4v) is 5.13. The van der Waals surface area contributed by atoms with E-state index in [1.165, 1.54) is 31.5 Å². The topological polar surface area (TPSA) is 204 Å². The van der Waals surface area contributed by atoms with Crippen LogP contribution in [-0.2, 0) is 20.9 Å². The van der Waals surface area contributed by atoms with Gasteiger partial charge in [0, 0.05) is 17.3 Å². The average Bonchev–Trinajstić information content (AvgIpc) is 3.06. The first-order chi connectivity index (χ1) is 23.0. The number of amides is 3. The quantitative estimate of drug-likeness (QED) is 0.0973. The molecule has 1 heterocycles. The van der Waals surface area contributed by atoms with Crippen molar-refractivity contribution in [2.45, 2.75) is 26.5 Å². The van der Waals surface area contributed by atoms with E-state index in [0.29, 0.717) is 32.4 Å². The van der Waals surface area contributed by atoms with Crippen LogP contribution in [0.15, 0.2) is 75.4 Å². The van der Waals surface area contributed by atoms with E-state index in [1.54, 1.807) is 50.2 Å². The lowest BCUT2D eigenvalue weighted by Gasteiger charge is -2.28. The number of halogens is 1. The second-order valence-corrected chi connectivity index (χ2v) is 10.8. The number of methoxy groups -OCH3 is 1. The molecule has 248 valence electrons. The highest BCUT2D eigenvalue weighted by atomic mass is 79.9. The van der Waals surface area contributed by atoms with Gasteiger partial charge in [0.05, 0.1) is 52.6 Å². The molecular weight excluding hydrogens is 692 g/mol. The van der Waals surface area contributed by atoms with Crippen LogP contribution in [0.25, 0.3) is 0 Å². The fourth-order valence-electron chi connectivity index (χ4n) is 4.54. The highest BCUT2D eigenvalue weighted by molar-refractivity contribution is 9.10. The van der Waals surface area contributed by atoms with Crippen molar-refractivity contribution in [3.8, 4) is 23.3 Å². The summed E-state index contributed by atoms with van der Waals surface area (Å²) < 4.78 is 22.2. The summed E-state index contributed by atoms with van der Waals surface area (Å²) in [4.78, 5) is 48.4. The number of nitriles is 1. The molecule has 0 saturated heterocycles. The Morgan fingerprint density at radius 3 is 2.56 bits per heavy atom. The van der Waals surface area contributed by atoms with Gasteiger partial charge < -0.3 is 29.6 Å². The van der Waals surface area contributed by atoms with Crippen LogP contribution in [0.4, 0.5) is 10.5 Å². The Balaban J connectivity index is 1.39. The predicted molar refractivity (Wildman–Crippen MR) is 174 cm³/mol. The van der Waals surface area contributed by atoms with Crippen molar-refractivity contribution in [2.24, 2.45) is 5.10 Å². The Morgan fingerprint density at radius 1 is 1.15 bits per heavy atom. The summed E-state index contributed by atoms with van der Waals surface area (Å²) in [5.74, 6) is -0.784. The first-order valence-electron chi connectivity index (χ1n) is 14.2. The molecule has 48 heavy (non-hydrogen) atoms. The van der Waals surface area contributed by atoms with Gasteiger partial charge in [0.2, 0.25) is 5.75 Å². The van der Waals surface area contributed by atoms with Gasteiger partial charge in [-0.3, -0.25) is 14.9 Å². The van der Waals surface area contributed by atoms with Crippen molar-refractivity contribution in [3.05, 3.63) is 103 Å². The normalized spacial score (nSPS) is 14.0. The Hall–Kier alpha value is -5.95. The molecule has 3 amide bonds. The summed E-state index contributed by atoms with van der Waals surface area (Å²) >= 11 is 3.30. The zero-order valence-corrected chi connectivity index (χ0v) is 27.5. The van der Waals surface area contributed by atoms with E-state index in [1.807, 2.05) is 6.07 Å². The molecule has 0 saturated carbocycles. The first kappa shape index (κ1) is 34.9. The minimum absolute atomic E-state index is 0.00437. The Morgan fingerprint density at radius 2 is 1.90 bits per heavy atom. The van der Waals surface area contributed by atoms with E-state index in [2.05, 4.69) is 37.1 Å². The van der Waals surface area contributed by atoms with E-state index in [0.717, 1.165) is 0 Å². The molecule has 1 aliphatic heterocycles. The Kier molecular flexibility index (Phi) is 11.7. The van der Waals surface area contributed by atoms with Crippen LogP contribution < -0.4 is 30.3 Å². The number of carbonyl (C=O) groups excluding carboxylic acids is 3. The zero-order valence-electron chi connectivity index (χ0n) is 25.9. The number of rotatable bonds is 13. The van der Waals surface area contributed by atoms with Gasteiger partial charge in [-0.15, -0.1) is 0 Å². The standard InChI is InChI=1S/C32H29BrN6O9/c1-4-46-31(41)28-18(2)36-32(42)37-29(28)22-9-10-25(26(13-22)45-3)47-17-27(40)38-35-15-21-11-23(33)30(24(12-21)39(43)44)48-16-20-7-5-19(14-34)6-8-20/h5-13,15,29H,4,16-17H2,1-3H3,(H,38,40)(H2,36,37,42)/b35-15+/t29-/m1/s1. The maximum absolute atomic E-state index is 12.6. The van der Waals surface area contributed by atoms with Crippen LogP contribution in [0.5, 0.6) is 17.2 Å². The largest absolute Gasteiger partial charge is 0.493 e. The van der Waals surface area contributed by atoms with Gasteiger partial charge in [-0.2, -0.15) is 10.4 Å². The molecule has 0 spiro atoms. The Labute approximate surface area is 282 Å². The van der Waals surface area contributed by atoms with Crippen LogP contribution in [0, 0.1) is 21.4 Å². The number of allylic oxidation sites excluding steroid dienone is 1. The van der Waals surface area contributed by atoms with E-state index in [4.69, 9.17) is 24.2 Å². The lowest BCUT2D eigenvalue weighted by atomic mass is 9.95. The van der Waals surface area contributed by atoms with E-state index < -0.39 is 35.5 Å². The van der Waals surface area contributed by atoms with Crippen LogP contribution >= 0.6 is 15.9 Å². The number of hydrogen-bond acceptors (Lipinski definition) is 11. The molecular formula is C32H29BrN6O9. The number of carbonyl (C=O) groups is 3. The molecule has 0 unspecified atom stereocenters. The van der Waals surface area contributed by atoms with Crippen molar-refractivity contribution in [3.63, 3.8) is 0 Å². The van der Waals surface area contributed by atoms with Crippen molar-refractivity contribution >= 4 is 45.7 Å². The monoisotopic (exact) mass is 720 g/mol. The molecule has 0 radical (unpaired) electrons. The predicted octanol–water partition coefficient (Wildman–Crippen LogP) is 4.54. The summed E-state index contributed by atoms with van der Waals surface area (Å²) in [5.41, 5.74) is 4.55. The van der Waals surface area contributed by atoms with Gasteiger partial charge >= 0.3 is 17.7 Å². The lowest BCUT2D eigenvalue weighted by molar-refractivity contribution is -0.386. The van der Waals surface area contributed by atoms with Crippen molar-refractivity contribution in [2.75, 3.05) is 20.3 Å². The van der Waals surface area contributed by atoms with Crippen molar-refractivity contribution in [1.29, 1.82) is 5.26 Å². The molecule has 0 aromatic heterocycles. The zero-order chi connectivity index (χ0) is 34.8. The van der Waals surface area contributed by atoms with Gasteiger partial charge in [-0.1, -0.05) is 18.2 Å². The SMILES string of the molecule is CCOC(=O)C1=C(C)NC(=O)N[C@@H]1c1ccc(OCC(=O)N/N=C/c2cc(Br)c(OCc3ccc(C#N)cc3)c([N+](=O)[O-])c2)c(OC)c1. The third kappa shape index (κ3) is 8.65. The van der Waals surface area contributed by atoms with Crippen LogP contribution in [0.1, 0.15) is 42.1 Å². The number of nitro benzene ring substituents is 1. The maximum atomic E-state index is 12.6. The third-order valence-electron chi connectivity index (χ3n) is 6.76. The maximum Gasteiger partial charge on any atom is 0.338 e. The summed E-state index contributed by atoms with van der Waals surface area (Å²) in [6.07, 6.45) is 1.22. The minimum atomic E-state index is -0.822. The number of ether oxygens (including phenoxy) is 4. The molecule has 1 atom stereocenters. The number of nitrogens with one attached hydrogen (secondary N) is 3. The van der Waals surface area contributed by atoms with Gasteiger partial charge in [-0.05, 0) is 71.2 Å². The van der Waals surface area contributed by atoms with Crippen LogP contribution in [0.3, 0.4) is 0 Å². The van der Waals surface area contributed by atoms with Crippen molar-refractivity contribution in [1.82, 2.24) is 16.1 Å². The molecule has 0 aliphatic carbocycles. The van der Waals surface area contributed by atoms with Crippen LogP contribution in [0.2, 0.25) is 0 Å². The number of nitro groups is 1. The summed E-state index contributed by atoms with van der Waals surface area (Å²) in [7, 11) is 1.39.